The maximum absolute atomic E-state index is 12.0. The lowest BCUT2D eigenvalue weighted by Gasteiger charge is -2.09. The van der Waals surface area contributed by atoms with Gasteiger partial charge in [0.2, 0.25) is 0 Å². The number of carbonyl (C=O) groups excluding carboxylic acids is 1. The Morgan fingerprint density at radius 2 is 2.16 bits per heavy atom. The molecule has 0 aliphatic heterocycles. The van der Waals surface area contributed by atoms with Crippen LogP contribution in [0.3, 0.4) is 0 Å². The molecule has 4 heteroatoms. The van der Waals surface area contributed by atoms with Crippen LogP contribution in [0.4, 0.5) is 0 Å². The average molecular weight is 259 g/mol. The first kappa shape index (κ1) is 13.3. The van der Waals surface area contributed by atoms with Gasteiger partial charge in [-0.05, 0) is 49.0 Å². The van der Waals surface area contributed by atoms with Crippen LogP contribution in [-0.2, 0) is 4.79 Å². The quantitative estimate of drug-likeness (QED) is 0.797. The molecule has 100 valence electrons. The Labute approximate surface area is 112 Å². The Hall–Kier alpha value is -2.10. The highest BCUT2D eigenvalue weighted by molar-refractivity contribution is 5.97. The van der Waals surface area contributed by atoms with Crippen LogP contribution in [0.2, 0.25) is 0 Å². The lowest BCUT2D eigenvalue weighted by atomic mass is 10.0. The molecule has 4 nitrogen and oxygen atoms in total. The van der Waals surface area contributed by atoms with E-state index in [0.717, 1.165) is 23.7 Å². The molecule has 0 atom stereocenters. The summed E-state index contributed by atoms with van der Waals surface area (Å²) in [5.41, 5.74) is 2.16. The second-order valence-corrected chi connectivity index (χ2v) is 4.84. The summed E-state index contributed by atoms with van der Waals surface area (Å²) in [6.07, 6.45) is 4.98. The number of hydrogen-bond acceptors (Lipinski definition) is 2. The molecule has 1 aliphatic carbocycles. The molecule has 19 heavy (non-hydrogen) atoms. The number of rotatable bonds is 5. The predicted molar refractivity (Wildman–Crippen MR) is 72.9 cm³/mol. The lowest BCUT2D eigenvalue weighted by molar-refractivity contribution is -0.131. The van der Waals surface area contributed by atoms with Crippen LogP contribution in [-0.4, -0.2) is 23.5 Å². The topological polar surface area (TPSA) is 66.4 Å². The van der Waals surface area contributed by atoms with E-state index < -0.39 is 5.97 Å². The zero-order valence-corrected chi connectivity index (χ0v) is 10.8. The molecule has 2 N–H and O–H groups in total. The molecule has 0 saturated heterocycles. The molecule has 1 amide bonds. The number of hydrogen-bond donors (Lipinski definition) is 2. The summed E-state index contributed by atoms with van der Waals surface area (Å²) in [4.78, 5) is 22.6. The lowest BCUT2D eigenvalue weighted by Crippen LogP contribution is -2.26. The normalized spacial score (nSPS) is 14.6. The van der Waals surface area contributed by atoms with Crippen molar-refractivity contribution in [1.82, 2.24) is 5.32 Å². The summed E-state index contributed by atoms with van der Waals surface area (Å²) in [7, 11) is 0. The van der Waals surface area contributed by atoms with Gasteiger partial charge in [0.15, 0.2) is 0 Å². The van der Waals surface area contributed by atoms with Gasteiger partial charge in [0.05, 0.1) is 0 Å². The van der Waals surface area contributed by atoms with Crippen molar-refractivity contribution in [2.24, 2.45) is 5.92 Å². The first-order valence-electron chi connectivity index (χ1n) is 6.36. The van der Waals surface area contributed by atoms with Crippen molar-refractivity contribution in [3.05, 3.63) is 41.0 Å². The van der Waals surface area contributed by atoms with Crippen LogP contribution in [0.25, 0.3) is 6.08 Å². The highest BCUT2D eigenvalue weighted by atomic mass is 16.4. The van der Waals surface area contributed by atoms with Gasteiger partial charge >= 0.3 is 5.97 Å². The van der Waals surface area contributed by atoms with Crippen molar-refractivity contribution in [3.8, 4) is 0 Å². The number of aliphatic carboxylic acids is 1. The van der Waals surface area contributed by atoms with Gasteiger partial charge in [-0.1, -0.05) is 12.1 Å². The molecule has 0 heterocycles. The molecule has 0 unspecified atom stereocenters. The van der Waals surface area contributed by atoms with Crippen LogP contribution < -0.4 is 5.32 Å². The fourth-order valence-corrected chi connectivity index (χ4v) is 1.90. The van der Waals surface area contributed by atoms with Gasteiger partial charge in [0.1, 0.15) is 0 Å². The minimum absolute atomic E-state index is 0.0880. The third-order valence-corrected chi connectivity index (χ3v) is 3.27. The fourth-order valence-electron chi connectivity index (χ4n) is 1.90. The average Bonchev–Trinajstić information content (AvgIpc) is 3.18. The highest BCUT2D eigenvalue weighted by Crippen LogP contribution is 2.27. The number of amides is 1. The number of carbonyl (C=O) groups is 2. The number of nitrogens with one attached hydrogen (secondary N) is 1. The van der Waals surface area contributed by atoms with Crippen molar-refractivity contribution in [2.45, 2.75) is 19.8 Å². The molecule has 0 bridgehead atoms. The van der Waals surface area contributed by atoms with Gasteiger partial charge in [-0.25, -0.2) is 4.79 Å². The summed E-state index contributed by atoms with van der Waals surface area (Å²) in [6.45, 7) is 2.56. The summed E-state index contributed by atoms with van der Waals surface area (Å²) in [5.74, 6) is -0.447. The Morgan fingerprint density at radius 1 is 1.42 bits per heavy atom. The van der Waals surface area contributed by atoms with Crippen molar-refractivity contribution in [3.63, 3.8) is 0 Å². The summed E-state index contributed by atoms with van der Waals surface area (Å²) in [5, 5.41) is 11.5. The molecule has 0 spiro atoms. The van der Waals surface area contributed by atoms with Gasteiger partial charge in [-0.3, -0.25) is 4.79 Å². The van der Waals surface area contributed by atoms with Gasteiger partial charge in [-0.2, -0.15) is 0 Å². The maximum atomic E-state index is 12.0. The number of carboxylic acid groups (broad SMARTS) is 1. The van der Waals surface area contributed by atoms with Gasteiger partial charge in [0.25, 0.3) is 5.91 Å². The Balaban J connectivity index is 2.13. The Morgan fingerprint density at radius 3 is 2.79 bits per heavy atom. The molecule has 0 radical (unpaired) electrons. The Bertz CT molecular complexity index is 530. The molecule has 1 aliphatic rings. The van der Waals surface area contributed by atoms with Crippen molar-refractivity contribution < 1.29 is 14.7 Å². The number of benzene rings is 1. The predicted octanol–water partition coefficient (Wildman–Crippen LogP) is 2.23. The second kappa shape index (κ2) is 5.69. The SMILES string of the molecule is Cc1c(C=CC(=O)O)cccc1C(=O)NCC1CC1. The van der Waals surface area contributed by atoms with E-state index in [1.54, 1.807) is 18.2 Å². The molecule has 0 aromatic heterocycles. The van der Waals surface area contributed by atoms with Crippen molar-refractivity contribution >= 4 is 18.0 Å². The third kappa shape index (κ3) is 3.68. The van der Waals surface area contributed by atoms with Gasteiger partial charge < -0.3 is 10.4 Å². The third-order valence-electron chi connectivity index (χ3n) is 3.27. The summed E-state index contributed by atoms with van der Waals surface area (Å²) in [6, 6.07) is 5.32. The van der Waals surface area contributed by atoms with E-state index in [2.05, 4.69) is 5.32 Å². The monoisotopic (exact) mass is 259 g/mol. The van der Waals surface area contributed by atoms with E-state index in [4.69, 9.17) is 5.11 Å². The molecule has 1 fully saturated rings. The minimum atomic E-state index is -0.997. The Kier molecular flexibility index (Phi) is 4.00. The minimum Gasteiger partial charge on any atom is -0.478 e. The van der Waals surface area contributed by atoms with E-state index >= 15 is 0 Å². The van der Waals surface area contributed by atoms with Crippen LogP contribution in [0, 0.1) is 12.8 Å². The summed E-state index contributed by atoms with van der Waals surface area (Å²) < 4.78 is 0. The standard InChI is InChI=1S/C15H17NO3/c1-10-12(7-8-14(17)18)3-2-4-13(10)15(19)16-9-11-5-6-11/h2-4,7-8,11H,5-6,9H2,1H3,(H,16,19)(H,17,18). The largest absolute Gasteiger partial charge is 0.478 e. The molecule has 1 saturated carbocycles. The first-order chi connectivity index (χ1) is 9.08. The van der Waals surface area contributed by atoms with Crippen molar-refractivity contribution in [2.75, 3.05) is 6.54 Å². The van der Waals surface area contributed by atoms with Gasteiger partial charge in [-0.15, -0.1) is 0 Å². The zero-order valence-electron chi connectivity index (χ0n) is 10.8. The van der Waals surface area contributed by atoms with E-state index in [9.17, 15) is 9.59 Å². The van der Waals surface area contributed by atoms with E-state index in [-0.39, 0.29) is 5.91 Å². The molecule has 2 rings (SSSR count). The smallest absolute Gasteiger partial charge is 0.328 e. The molecular weight excluding hydrogens is 242 g/mol. The van der Waals surface area contributed by atoms with Gasteiger partial charge in [0, 0.05) is 18.2 Å². The summed E-state index contributed by atoms with van der Waals surface area (Å²) >= 11 is 0. The molecule has 1 aromatic rings. The van der Waals surface area contributed by atoms with E-state index in [1.165, 1.54) is 18.9 Å². The van der Waals surface area contributed by atoms with Crippen LogP contribution >= 0.6 is 0 Å². The first-order valence-corrected chi connectivity index (χ1v) is 6.36. The fraction of sp³-hybridized carbons (Fsp3) is 0.333. The van der Waals surface area contributed by atoms with Crippen LogP contribution in [0.5, 0.6) is 0 Å². The van der Waals surface area contributed by atoms with E-state index in [0.29, 0.717) is 11.5 Å². The van der Waals surface area contributed by atoms with Crippen molar-refractivity contribution in [1.29, 1.82) is 0 Å². The molecular formula is C15H17NO3. The van der Waals surface area contributed by atoms with Crippen LogP contribution in [0.1, 0.15) is 34.3 Å². The number of carboxylic acids is 1. The molecule has 1 aromatic carbocycles. The van der Waals surface area contributed by atoms with E-state index in [1.807, 2.05) is 6.92 Å². The van der Waals surface area contributed by atoms with Crippen LogP contribution in [0.15, 0.2) is 24.3 Å². The highest BCUT2D eigenvalue weighted by Gasteiger charge is 2.22. The maximum Gasteiger partial charge on any atom is 0.328 e. The zero-order chi connectivity index (χ0) is 13.8. The second-order valence-electron chi connectivity index (χ2n) is 4.84.